The Hall–Kier alpha value is -3.74. The average Bonchev–Trinajstić information content (AvgIpc) is 3.15. The Labute approximate surface area is 185 Å². The van der Waals surface area contributed by atoms with E-state index >= 15 is 0 Å². The fourth-order valence-corrected chi connectivity index (χ4v) is 4.88. The lowest BCUT2D eigenvalue weighted by atomic mass is 9.69. The summed E-state index contributed by atoms with van der Waals surface area (Å²) in [5.41, 5.74) is 5.92. The van der Waals surface area contributed by atoms with Gasteiger partial charge in [-0.1, -0.05) is 55.8 Å². The van der Waals surface area contributed by atoms with Gasteiger partial charge >= 0.3 is 0 Å². The number of anilines is 1. The second-order valence-corrected chi connectivity index (χ2v) is 9.47. The normalized spacial score (nSPS) is 19.2. The number of nitrogens with one attached hydrogen (secondary N) is 2. The fourth-order valence-electron chi connectivity index (χ4n) is 4.88. The van der Waals surface area contributed by atoms with E-state index in [1.54, 1.807) is 6.07 Å². The number of nitro benzene ring substituents is 1. The first-order chi connectivity index (χ1) is 15.2. The molecular weight excluding hydrogens is 404 g/mol. The SMILES string of the molecule is Cc1ccc([C@@H]2C3=C(CC(C)(C)CC3=O)Nc3n[nH]c(-c4cccc([N+](=O)[O-])c4)c32)cc1. The van der Waals surface area contributed by atoms with Crippen molar-refractivity contribution >= 4 is 17.3 Å². The van der Waals surface area contributed by atoms with Crippen molar-refractivity contribution in [2.45, 2.75) is 39.5 Å². The molecule has 1 aromatic heterocycles. The van der Waals surface area contributed by atoms with Crippen LogP contribution in [-0.4, -0.2) is 20.9 Å². The molecule has 2 aliphatic rings. The molecule has 7 heteroatoms. The van der Waals surface area contributed by atoms with Gasteiger partial charge in [0.2, 0.25) is 0 Å². The molecule has 0 unspecified atom stereocenters. The second kappa shape index (κ2) is 7.15. The number of carbonyl (C=O) groups excluding carboxylic acids is 1. The fraction of sp³-hybridized carbons (Fsp3) is 0.280. The molecule has 7 nitrogen and oxygen atoms in total. The number of aromatic amines is 1. The Morgan fingerprint density at radius 3 is 2.59 bits per heavy atom. The van der Waals surface area contributed by atoms with Gasteiger partial charge < -0.3 is 5.32 Å². The highest BCUT2D eigenvalue weighted by molar-refractivity contribution is 6.02. The summed E-state index contributed by atoms with van der Waals surface area (Å²) < 4.78 is 0. The third kappa shape index (κ3) is 3.30. The number of Topliss-reactive ketones (excluding diaryl/α,β-unsaturated/α-hetero) is 1. The monoisotopic (exact) mass is 428 g/mol. The van der Waals surface area contributed by atoms with Crippen molar-refractivity contribution in [1.82, 2.24) is 10.2 Å². The molecule has 0 saturated carbocycles. The van der Waals surface area contributed by atoms with Gasteiger partial charge in [0.25, 0.3) is 5.69 Å². The number of non-ortho nitro benzene ring substituents is 1. The van der Waals surface area contributed by atoms with Crippen LogP contribution in [0, 0.1) is 22.5 Å². The highest BCUT2D eigenvalue weighted by Gasteiger charge is 2.42. The molecule has 162 valence electrons. The van der Waals surface area contributed by atoms with Crippen LogP contribution < -0.4 is 5.32 Å². The van der Waals surface area contributed by atoms with Crippen LogP contribution >= 0.6 is 0 Å². The Morgan fingerprint density at radius 1 is 1.12 bits per heavy atom. The molecule has 32 heavy (non-hydrogen) atoms. The number of carbonyl (C=O) groups is 1. The number of hydrogen-bond donors (Lipinski definition) is 2. The van der Waals surface area contributed by atoms with Crippen LogP contribution in [0.3, 0.4) is 0 Å². The molecular formula is C25H24N4O3. The molecule has 0 spiro atoms. The zero-order valence-electron chi connectivity index (χ0n) is 18.2. The summed E-state index contributed by atoms with van der Waals surface area (Å²) in [4.78, 5) is 24.3. The van der Waals surface area contributed by atoms with E-state index in [2.05, 4.69) is 41.5 Å². The van der Waals surface area contributed by atoms with Gasteiger partial charge in [0.05, 0.1) is 10.6 Å². The molecule has 1 aliphatic carbocycles. The van der Waals surface area contributed by atoms with E-state index in [1.165, 1.54) is 12.1 Å². The number of nitro groups is 1. The summed E-state index contributed by atoms with van der Waals surface area (Å²) in [6, 6.07) is 14.7. The van der Waals surface area contributed by atoms with E-state index in [9.17, 15) is 14.9 Å². The predicted molar refractivity (Wildman–Crippen MR) is 122 cm³/mol. The number of aryl methyl sites for hydroxylation is 1. The summed E-state index contributed by atoms with van der Waals surface area (Å²) in [6.07, 6.45) is 1.24. The number of benzene rings is 2. The maximum atomic E-state index is 13.4. The van der Waals surface area contributed by atoms with Crippen LogP contribution in [-0.2, 0) is 4.79 Å². The summed E-state index contributed by atoms with van der Waals surface area (Å²) in [7, 11) is 0. The van der Waals surface area contributed by atoms with Gasteiger partial charge in [-0.2, -0.15) is 5.10 Å². The van der Waals surface area contributed by atoms with Crippen molar-refractivity contribution in [3.63, 3.8) is 0 Å². The van der Waals surface area contributed by atoms with Crippen LogP contribution in [0.4, 0.5) is 11.5 Å². The van der Waals surface area contributed by atoms with E-state index in [0.717, 1.165) is 34.4 Å². The second-order valence-electron chi connectivity index (χ2n) is 9.47. The Balaban J connectivity index is 1.73. The minimum atomic E-state index is -0.407. The van der Waals surface area contributed by atoms with Gasteiger partial charge in [-0.25, -0.2) is 0 Å². The van der Waals surface area contributed by atoms with Crippen molar-refractivity contribution in [2.24, 2.45) is 5.41 Å². The van der Waals surface area contributed by atoms with E-state index < -0.39 is 4.92 Å². The van der Waals surface area contributed by atoms with Crippen molar-refractivity contribution in [3.05, 3.63) is 86.6 Å². The lowest BCUT2D eigenvalue weighted by Gasteiger charge is -2.38. The molecule has 1 aliphatic heterocycles. The Kier molecular flexibility index (Phi) is 4.51. The van der Waals surface area contributed by atoms with Crippen LogP contribution in [0.5, 0.6) is 0 Å². The minimum Gasteiger partial charge on any atom is -0.342 e. The van der Waals surface area contributed by atoms with E-state index in [4.69, 9.17) is 0 Å². The van der Waals surface area contributed by atoms with Gasteiger partial charge in [0.15, 0.2) is 11.6 Å². The number of nitrogens with zero attached hydrogens (tertiary/aromatic N) is 2. The van der Waals surface area contributed by atoms with Gasteiger partial charge in [0.1, 0.15) is 0 Å². The maximum Gasteiger partial charge on any atom is 0.270 e. The molecule has 1 atom stereocenters. The van der Waals surface area contributed by atoms with Gasteiger partial charge in [0, 0.05) is 46.9 Å². The number of ketones is 1. The van der Waals surface area contributed by atoms with Crippen LogP contribution in [0.1, 0.15) is 49.3 Å². The molecule has 2 aromatic carbocycles. The minimum absolute atomic E-state index is 0.0110. The van der Waals surface area contributed by atoms with E-state index in [1.807, 2.05) is 25.1 Å². The number of hydrogen-bond acceptors (Lipinski definition) is 5. The number of allylic oxidation sites excluding steroid dienone is 2. The zero-order valence-corrected chi connectivity index (χ0v) is 18.2. The van der Waals surface area contributed by atoms with Crippen molar-refractivity contribution < 1.29 is 9.72 Å². The third-order valence-corrected chi connectivity index (χ3v) is 6.33. The van der Waals surface area contributed by atoms with Crippen molar-refractivity contribution in [3.8, 4) is 11.3 Å². The Bertz CT molecular complexity index is 1280. The summed E-state index contributed by atoms with van der Waals surface area (Å²) in [6.45, 7) is 6.24. The topological polar surface area (TPSA) is 101 Å². The molecule has 0 saturated heterocycles. The molecule has 0 fully saturated rings. The first-order valence-electron chi connectivity index (χ1n) is 10.7. The van der Waals surface area contributed by atoms with E-state index in [-0.39, 0.29) is 22.8 Å². The van der Waals surface area contributed by atoms with Crippen LogP contribution in [0.25, 0.3) is 11.3 Å². The lowest BCUT2D eigenvalue weighted by molar-refractivity contribution is -0.384. The van der Waals surface area contributed by atoms with Gasteiger partial charge in [-0.15, -0.1) is 0 Å². The molecule has 0 bridgehead atoms. The molecule has 0 amide bonds. The number of rotatable bonds is 3. The molecule has 0 radical (unpaired) electrons. The van der Waals surface area contributed by atoms with Crippen molar-refractivity contribution in [1.29, 1.82) is 0 Å². The number of H-pyrrole nitrogens is 1. The average molecular weight is 428 g/mol. The quantitative estimate of drug-likeness (QED) is 0.424. The molecule has 3 aromatic rings. The first kappa shape index (κ1) is 20.2. The predicted octanol–water partition coefficient (Wildman–Crippen LogP) is 5.49. The summed E-state index contributed by atoms with van der Waals surface area (Å²) in [5.74, 6) is 0.506. The first-order valence-corrected chi connectivity index (χ1v) is 10.7. The molecule has 2 heterocycles. The van der Waals surface area contributed by atoms with Crippen LogP contribution in [0.15, 0.2) is 59.8 Å². The van der Waals surface area contributed by atoms with Gasteiger partial charge in [-0.05, 0) is 24.3 Å². The Morgan fingerprint density at radius 2 is 1.88 bits per heavy atom. The standard InChI is InChI=1S/C25H24N4O3/c1-14-7-9-15(10-8-14)20-21-18(12-25(2,3)13-19(21)30)26-24-22(20)23(27-28-24)16-5-4-6-17(11-16)29(31)32/h4-11,20H,12-13H2,1-3H3,(H2,26,27,28)/t20-/m1/s1. The van der Waals surface area contributed by atoms with Crippen LogP contribution in [0.2, 0.25) is 0 Å². The molecule has 2 N–H and O–H groups in total. The molecule has 5 rings (SSSR count). The number of fused-ring (bicyclic) bond motifs is 1. The summed E-state index contributed by atoms with van der Waals surface area (Å²) in [5, 5.41) is 22.3. The highest BCUT2D eigenvalue weighted by Crippen LogP contribution is 2.51. The highest BCUT2D eigenvalue weighted by atomic mass is 16.6. The maximum absolute atomic E-state index is 13.4. The summed E-state index contributed by atoms with van der Waals surface area (Å²) >= 11 is 0. The zero-order chi connectivity index (χ0) is 22.6. The van der Waals surface area contributed by atoms with Crippen molar-refractivity contribution in [2.75, 3.05) is 5.32 Å². The number of aromatic nitrogens is 2. The lowest BCUT2D eigenvalue weighted by Crippen LogP contribution is -2.33. The smallest absolute Gasteiger partial charge is 0.270 e. The third-order valence-electron chi connectivity index (χ3n) is 6.33. The van der Waals surface area contributed by atoms with Gasteiger partial charge in [-0.3, -0.25) is 20.0 Å². The largest absolute Gasteiger partial charge is 0.342 e. The van der Waals surface area contributed by atoms with E-state index in [0.29, 0.717) is 23.5 Å².